The standard InChI is InChI=1S/C7H7ClFNO/c8-7-3-1-2-5(10-7)6(11)4-9/h1-3,6,11H,4H2. The molecule has 0 saturated carbocycles. The van der Waals surface area contributed by atoms with Gasteiger partial charge in [0.05, 0.1) is 5.69 Å². The first-order valence-corrected chi connectivity index (χ1v) is 3.48. The van der Waals surface area contributed by atoms with Crippen molar-refractivity contribution in [1.82, 2.24) is 4.98 Å². The molecule has 0 spiro atoms. The highest BCUT2D eigenvalue weighted by Crippen LogP contribution is 2.12. The molecule has 0 aliphatic carbocycles. The summed E-state index contributed by atoms with van der Waals surface area (Å²) in [4.78, 5) is 3.72. The van der Waals surface area contributed by atoms with E-state index in [-0.39, 0.29) is 10.8 Å². The summed E-state index contributed by atoms with van der Waals surface area (Å²) in [7, 11) is 0. The minimum absolute atomic E-state index is 0.259. The van der Waals surface area contributed by atoms with E-state index < -0.39 is 12.8 Å². The van der Waals surface area contributed by atoms with E-state index in [0.29, 0.717) is 0 Å². The SMILES string of the molecule is OC(CF)c1cccc(Cl)n1. The van der Waals surface area contributed by atoms with E-state index >= 15 is 0 Å². The van der Waals surface area contributed by atoms with Crippen LogP contribution in [-0.4, -0.2) is 16.8 Å². The first-order valence-electron chi connectivity index (χ1n) is 3.10. The van der Waals surface area contributed by atoms with Crippen molar-refractivity contribution >= 4 is 11.6 Å². The molecule has 0 amide bonds. The van der Waals surface area contributed by atoms with Gasteiger partial charge in [0.2, 0.25) is 0 Å². The molecule has 0 bridgehead atoms. The first kappa shape index (κ1) is 8.43. The average molecular weight is 176 g/mol. The Balaban J connectivity index is 2.86. The van der Waals surface area contributed by atoms with Crippen molar-refractivity contribution < 1.29 is 9.50 Å². The second-order valence-corrected chi connectivity index (χ2v) is 2.44. The van der Waals surface area contributed by atoms with Gasteiger partial charge in [0.25, 0.3) is 0 Å². The lowest BCUT2D eigenvalue weighted by molar-refractivity contribution is 0.137. The lowest BCUT2D eigenvalue weighted by atomic mass is 10.2. The molecular formula is C7H7ClFNO. The van der Waals surface area contributed by atoms with Gasteiger partial charge < -0.3 is 5.11 Å². The van der Waals surface area contributed by atoms with Crippen LogP contribution in [0.15, 0.2) is 18.2 Å². The normalized spacial score (nSPS) is 13.0. The molecule has 0 fully saturated rings. The molecule has 2 nitrogen and oxygen atoms in total. The van der Waals surface area contributed by atoms with Crippen molar-refractivity contribution in [3.05, 3.63) is 29.0 Å². The number of alkyl halides is 1. The van der Waals surface area contributed by atoms with E-state index in [0.717, 1.165) is 0 Å². The second kappa shape index (κ2) is 3.64. The van der Waals surface area contributed by atoms with Gasteiger partial charge in [-0.2, -0.15) is 0 Å². The molecule has 1 atom stereocenters. The average Bonchev–Trinajstić information content (AvgIpc) is 2.03. The predicted octanol–water partition coefficient (Wildman–Crippen LogP) is 1.74. The summed E-state index contributed by atoms with van der Waals surface area (Å²) in [6.45, 7) is -0.840. The van der Waals surface area contributed by atoms with Crippen LogP contribution < -0.4 is 0 Å². The monoisotopic (exact) mass is 175 g/mol. The summed E-state index contributed by atoms with van der Waals surface area (Å²) in [6, 6.07) is 4.70. The minimum atomic E-state index is -1.16. The van der Waals surface area contributed by atoms with E-state index in [2.05, 4.69) is 4.98 Å². The van der Waals surface area contributed by atoms with Crippen LogP contribution in [0.25, 0.3) is 0 Å². The van der Waals surface area contributed by atoms with Crippen LogP contribution in [0.4, 0.5) is 4.39 Å². The summed E-state index contributed by atoms with van der Waals surface area (Å²) in [5.74, 6) is 0. The summed E-state index contributed by atoms with van der Waals surface area (Å²) in [5.41, 5.74) is 0.264. The van der Waals surface area contributed by atoms with E-state index in [1.54, 1.807) is 12.1 Å². The number of nitrogens with zero attached hydrogens (tertiary/aromatic N) is 1. The Morgan fingerprint density at radius 3 is 2.91 bits per heavy atom. The Bertz CT molecular complexity index is 244. The van der Waals surface area contributed by atoms with E-state index in [4.69, 9.17) is 16.7 Å². The van der Waals surface area contributed by atoms with E-state index in [9.17, 15) is 4.39 Å². The number of aromatic nitrogens is 1. The molecule has 0 aliphatic rings. The summed E-state index contributed by atoms with van der Waals surface area (Å²) in [6.07, 6.45) is -1.16. The Hall–Kier alpha value is -0.670. The van der Waals surface area contributed by atoms with Crippen LogP contribution >= 0.6 is 11.6 Å². The van der Waals surface area contributed by atoms with Crippen LogP contribution in [0.3, 0.4) is 0 Å². The molecule has 4 heteroatoms. The molecule has 0 radical (unpaired) electrons. The molecular weight excluding hydrogens is 169 g/mol. The number of aliphatic hydroxyl groups excluding tert-OH is 1. The maximum absolute atomic E-state index is 11.9. The fourth-order valence-electron chi connectivity index (χ4n) is 0.689. The van der Waals surface area contributed by atoms with Crippen molar-refractivity contribution in [2.45, 2.75) is 6.10 Å². The number of hydrogen-bond acceptors (Lipinski definition) is 2. The van der Waals surface area contributed by atoms with Gasteiger partial charge >= 0.3 is 0 Å². The third-order valence-corrected chi connectivity index (χ3v) is 1.43. The Labute approximate surface area is 68.6 Å². The van der Waals surface area contributed by atoms with Gasteiger partial charge in [0, 0.05) is 0 Å². The highest BCUT2D eigenvalue weighted by atomic mass is 35.5. The van der Waals surface area contributed by atoms with Crippen molar-refractivity contribution in [3.8, 4) is 0 Å². The third-order valence-electron chi connectivity index (χ3n) is 1.22. The Kier molecular flexibility index (Phi) is 2.79. The zero-order valence-electron chi connectivity index (χ0n) is 5.67. The van der Waals surface area contributed by atoms with Gasteiger partial charge in [-0.25, -0.2) is 9.37 Å². The van der Waals surface area contributed by atoms with Gasteiger partial charge in [-0.3, -0.25) is 0 Å². The second-order valence-electron chi connectivity index (χ2n) is 2.06. The van der Waals surface area contributed by atoms with Crippen molar-refractivity contribution in [3.63, 3.8) is 0 Å². The van der Waals surface area contributed by atoms with Gasteiger partial charge in [0.1, 0.15) is 17.9 Å². The zero-order valence-corrected chi connectivity index (χ0v) is 6.42. The molecule has 1 N–H and O–H groups in total. The zero-order chi connectivity index (χ0) is 8.27. The largest absolute Gasteiger partial charge is 0.384 e. The van der Waals surface area contributed by atoms with Crippen molar-refractivity contribution in [1.29, 1.82) is 0 Å². The Morgan fingerprint density at radius 1 is 1.64 bits per heavy atom. The highest BCUT2D eigenvalue weighted by Gasteiger charge is 2.07. The smallest absolute Gasteiger partial charge is 0.129 e. The van der Waals surface area contributed by atoms with E-state index in [1.807, 2.05) is 0 Å². The molecule has 0 aliphatic heterocycles. The Morgan fingerprint density at radius 2 is 2.36 bits per heavy atom. The van der Waals surface area contributed by atoms with Gasteiger partial charge in [-0.15, -0.1) is 0 Å². The molecule has 11 heavy (non-hydrogen) atoms. The summed E-state index contributed by atoms with van der Waals surface area (Å²) in [5, 5.41) is 9.22. The molecule has 1 aromatic rings. The van der Waals surface area contributed by atoms with Crippen LogP contribution in [0, 0.1) is 0 Å². The van der Waals surface area contributed by atoms with Crippen molar-refractivity contribution in [2.24, 2.45) is 0 Å². The predicted molar refractivity (Wildman–Crippen MR) is 40.2 cm³/mol. The maximum atomic E-state index is 11.9. The van der Waals surface area contributed by atoms with Crippen LogP contribution in [0.1, 0.15) is 11.8 Å². The van der Waals surface area contributed by atoms with Gasteiger partial charge in [-0.05, 0) is 12.1 Å². The lowest BCUT2D eigenvalue weighted by Gasteiger charge is -2.03. The molecule has 1 aromatic heterocycles. The van der Waals surface area contributed by atoms with Crippen LogP contribution in [0.2, 0.25) is 5.15 Å². The molecule has 1 rings (SSSR count). The quantitative estimate of drug-likeness (QED) is 0.695. The molecule has 1 heterocycles. The maximum Gasteiger partial charge on any atom is 0.129 e. The summed E-state index contributed by atoms with van der Waals surface area (Å²) < 4.78 is 11.9. The number of hydrogen-bond donors (Lipinski definition) is 1. The molecule has 0 aromatic carbocycles. The molecule has 0 saturated heterocycles. The van der Waals surface area contributed by atoms with Gasteiger partial charge in [0.15, 0.2) is 0 Å². The number of aliphatic hydroxyl groups is 1. The number of rotatable bonds is 2. The highest BCUT2D eigenvalue weighted by molar-refractivity contribution is 6.29. The van der Waals surface area contributed by atoms with Gasteiger partial charge in [-0.1, -0.05) is 17.7 Å². The fourth-order valence-corrected chi connectivity index (χ4v) is 0.859. The van der Waals surface area contributed by atoms with Crippen LogP contribution in [0.5, 0.6) is 0 Å². The number of halogens is 2. The molecule has 1 unspecified atom stereocenters. The lowest BCUT2D eigenvalue weighted by Crippen LogP contribution is -2.01. The van der Waals surface area contributed by atoms with Crippen LogP contribution in [-0.2, 0) is 0 Å². The fraction of sp³-hybridized carbons (Fsp3) is 0.286. The van der Waals surface area contributed by atoms with E-state index in [1.165, 1.54) is 6.07 Å². The number of pyridine rings is 1. The topological polar surface area (TPSA) is 33.1 Å². The third kappa shape index (κ3) is 2.13. The minimum Gasteiger partial charge on any atom is -0.384 e. The molecule has 60 valence electrons. The van der Waals surface area contributed by atoms with Crippen molar-refractivity contribution in [2.75, 3.05) is 6.67 Å². The summed E-state index contributed by atoms with van der Waals surface area (Å²) >= 11 is 5.50. The first-order chi connectivity index (χ1) is 5.24.